The fourth-order valence-electron chi connectivity index (χ4n) is 3.49. The van der Waals surface area contributed by atoms with Gasteiger partial charge in [-0.1, -0.05) is 37.1 Å². The minimum atomic E-state index is -0.531. The molecule has 0 heterocycles. The largest absolute Gasteiger partial charge is 0.390 e. The van der Waals surface area contributed by atoms with Crippen molar-refractivity contribution in [2.24, 2.45) is 11.7 Å². The van der Waals surface area contributed by atoms with Crippen LogP contribution in [0.2, 0.25) is 0 Å². The van der Waals surface area contributed by atoms with Gasteiger partial charge in [-0.2, -0.15) is 0 Å². The number of hydrogen-bond acceptors (Lipinski definition) is 3. The molecule has 0 spiro atoms. The van der Waals surface area contributed by atoms with Gasteiger partial charge in [-0.05, 0) is 24.0 Å². The van der Waals surface area contributed by atoms with Crippen LogP contribution in [0.15, 0.2) is 24.3 Å². The van der Waals surface area contributed by atoms with Crippen LogP contribution in [-0.2, 0) is 11.2 Å². The van der Waals surface area contributed by atoms with Gasteiger partial charge in [0.05, 0.1) is 18.1 Å². The molecule has 1 fully saturated rings. The van der Waals surface area contributed by atoms with E-state index in [9.17, 15) is 9.90 Å². The maximum atomic E-state index is 12.4. The monoisotopic (exact) mass is 274 g/mol. The van der Waals surface area contributed by atoms with Crippen molar-refractivity contribution in [2.45, 2.75) is 50.3 Å². The van der Waals surface area contributed by atoms with E-state index >= 15 is 0 Å². The lowest BCUT2D eigenvalue weighted by molar-refractivity contribution is -0.128. The first-order chi connectivity index (χ1) is 9.66. The molecule has 0 aliphatic heterocycles. The van der Waals surface area contributed by atoms with Crippen molar-refractivity contribution in [3.05, 3.63) is 35.4 Å². The molecule has 0 aromatic heterocycles. The van der Waals surface area contributed by atoms with E-state index < -0.39 is 6.10 Å². The van der Waals surface area contributed by atoms with Gasteiger partial charge in [-0.3, -0.25) is 4.79 Å². The third-order valence-electron chi connectivity index (χ3n) is 4.66. The fourth-order valence-corrected chi connectivity index (χ4v) is 3.49. The van der Waals surface area contributed by atoms with E-state index in [0.717, 1.165) is 36.8 Å². The summed E-state index contributed by atoms with van der Waals surface area (Å²) in [5.41, 5.74) is 8.22. The van der Waals surface area contributed by atoms with Crippen molar-refractivity contribution in [1.29, 1.82) is 0 Å². The van der Waals surface area contributed by atoms with Crippen LogP contribution in [0.5, 0.6) is 0 Å². The highest BCUT2D eigenvalue weighted by Gasteiger charge is 2.35. The van der Waals surface area contributed by atoms with Gasteiger partial charge in [-0.25, -0.2) is 0 Å². The van der Waals surface area contributed by atoms with Gasteiger partial charge in [-0.15, -0.1) is 0 Å². The molecule has 0 bridgehead atoms. The highest BCUT2D eigenvalue weighted by Crippen LogP contribution is 2.32. The topological polar surface area (TPSA) is 75.4 Å². The van der Waals surface area contributed by atoms with E-state index in [4.69, 9.17) is 5.73 Å². The van der Waals surface area contributed by atoms with Gasteiger partial charge >= 0.3 is 0 Å². The van der Waals surface area contributed by atoms with Gasteiger partial charge in [0, 0.05) is 12.5 Å². The molecular formula is C16H22N2O2. The lowest BCUT2D eigenvalue weighted by Crippen LogP contribution is -2.46. The fraction of sp³-hybridized carbons (Fsp3) is 0.562. The third-order valence-corrected chi connectivity index (χ3v) is 4.66. The van der Waals surface area contributed by atoms with Crippen molar-refractivity contribution < 1.29 is 9.90 Å². The summed E-state index contributed by atoms with van der Waals surface area (Å²) >= 11 is 0. The Hall–Kier alpha value is -1.39. The summed E-state index contributed by atoms with van der Waals surface area (Å²) in [6, 6.07) is 7.58. The number of benzene rings is 1. The number of amides is 1. The van der Waals surface area contributed by atoms with Crippen molar-refractivity contribution in [2.75, 3.05) is 0 Å². The first-order valence-corrected chi connectivity index (χ1v) is 7.48. The van der Waals surface area contributed by atoms with E-state index in [1.54, 1.807) is 0 Å². The van der Waals surface area contributed by atoms with E-state index in [1.165, 1.54) is 0 Å². The first-order valence-electron chi connectivity index (χ1n) is 7.48. The molecule has 20 heavy (non-hydrogen) atoms. The summed E-state index contributed by atoms with van der Waals surface area (Å²) in [6.07, 6.45) is 4.03. The van der Waals surface area contributed by atoms with Gasteiger partial charge in [0.2, 0.25) is 5.91 Å². The maximum absolute atomic E-state index is 12.4. The number of carbonyl (C=O) groups excluding carboxylic acids is 1. The Kier molecular flexibility index (Phi) is 3.76. The molecule has 4 nitrogen and oxygen atoms in total. The zero-order chi connectivity index (χ0) is 14.1. The number of nitrogens with one attached hydrogen (secondary N) is 1. The predicted molar refractivity (Wildman–Crippen MR) is 77.0 cm³/mol. The molecule has 108 valence electrons. The minimum Gasteiger partial charge on any atom is -0.390 e. The molecule has 1 aromatic carbocycles. The lowest BCUT2D eigenvalue weighted by Gasteiger charge is -2.29. The van der Waals surface area contributed by atoms with Crippen molar-refractivity contribution in [3.63, 3.8) is 0 Å². The summed E-state index contributed by atoms with van der Waals surface area (Å²) in [5, 5.41) is 13.2. The van der Waals surface area contributed by atoms with Gasteiger partial charge in [0.1, 0.15) is 0 Å². The Morgan fingerprint density at radius 2 is 2.00 bits per heavy atom. The molecule has 2 aliphatic carbocycles. The Bertz CT molecular complexity index is 503. The van der Waals surface area contributed by atoms with Crippen molar-refractivity contribution in [3.8, 4) is 0 Å². The zero-order valence-electron chi connectivity index (χ0n) is 11.6. The molecule has 0 radical (unpaired) electrons. The van der Waals surface area contributed by atoms with Crippen LogP contribution in [0, 0.1) is 5.92 Å². The van der Waals surface area contributed by atoms with Crippen LogP contribution in [0.25, 0.3) is 0 Å². The summed E-state index contributed by atoms with van der Waals surface area (Å²) < 4.78 is 0. The second-order valence-corrected chi connectivity index (χ2v) is 6.01. The number of aliphatic hydroxyl groups is 1. The standard InChI is InChI=1S/C16H22N2O2/c17-13-8-4-3-7-12(13)16(20)18-15-11-6-2-1-5-10(11)9-14(15)19/h1-2,5-6,12-15,19H,3-4,7-9,17H2,(H,18,20)/t12?,13?,14-,15+/m0/s1. The first kappa shape index (κ1) is 13.6. The van der Waals surface area contributed by atoms with Gasteiger partial charge < -0.3 is 16.2 Å². The Balaban J connectivity index is 1.73. The number of nitrogens with two attached hydrogens (primary N) is 1. The minimum absolute atomic E-state index is 0.00190. The van der Waals surface area contributed by atoms with Gasteiger partial charge in [0.15, 0.2) is 0 Å². The maximum Gasteiger partial charge on any atom is 0.225 e. The van der Waals surface area contributed by atoms with Crippen LogP contribution in [0.1, 0.15) is 42.9 Å². The summed E-state index contributed by atoms with van der Waals surface area (Å²) in [6.45, 7) is 0. The zero-order valence-corrected chi connectivity index (χ0v) is 11.6. The smallest absolute Gasteiger partial charge is 0.225 e. The summed E-state index contributed by atoms with van der Waals surface area (Å²) in [4.78, 5) is 12.4. The lowest BCUT2D eigenvalue weighted by atomic mass is 9.84. The molecule has 1 amide bonds. The third kappa shape index (κ3) is 2.45. The normalized spacial score (nSPS) is 32.7. The summed E-state index contributed by atoms with van der Waals surface area (Å²) in [7, 11) is 0. The molecule has 4 atom stereocenters. The van der Waals surface area contributed by atoms with Crippen LogP contribution in [0.4, 0.5) is 0 Å². The molecule has 3 rings (SSSR count). The number of carbonyl (C=O) groups is 1. The Labute approximate surface area is 119 Å². The van der Waals surface area contributed by atoms with E-state index in [-0.39, 0.29) is 23.9 Å². The molecule has 1 aromatic rings. The van der Waals surface area contributed by atoms with Crippen LogP contribution >= 0.6 is 0 Å². The number of hydrogen-bond donors (Lipinski definition) is 3. The van der Waals surface area contributed by atoms with E-state index in [2.05, 4.69) is 5.32 Å². The highest BCUT2D eigenvalue weighted by molar-refractivity contribution is 5.80. The average molecular weight is 274 g/mol. The molecule has 2 aliphatic rings. The summed E-state index contributed by atoms with van der Waals surface area (Å²) in [5.74, 6) is -0.110. The molecule has 4 heteroatoms. The SMILES string of the molecule is NC1CCCCC1C(=O)N[C@@H]1c2ccccc2C[C@@H]1O. The number of aliphatic hydroxyl groups excluding tert-OH is 1. The van der Waals surface area contributed by atoms with E-state index in [1.807, 2.05) is 24.3 Å². The molecule has 1 saturated carbocycles. The predicted octanol–water partition coefficient (Wildman–Crippen LogP) is 1.28. The second-order valence-electron chi connectivity index (χ2n) is 6.01. The molecule has 2 unspecified atom stereocenters. The van der Waals surface area contributed by atoms with Crippen molar-refractivity contribution in [1.82, 2.24) is 5.32 Å². The second kappa shape index (κ2) is 5.54. The van der Waals surface area contributed by atoms with Crippen LogP contribution < -0.4 is 11.1 Å². The molecule has 0 saturated heterocycles. The molecular weight excluding hydrogens is 252 g/mol. The molecule has 4 N–H and O–H groups in total. The number of rotatable bonds is 2. The van der Waals surface area contributed by atoms with Crippen LogP contribution in [-0.4, -0.2) is 23.2 Å². The van der Waals surface area contributed by atoms with Gasteiger partial charge in [0.25, 0.3) is 0 Å². The average Bonchev–Trinajstić information content (AvgIpc) is 2.76. The number of fused-ring (bicyclic) bond motifs is 1. The van der Waals surface area contributed by atoms with E-state index in [0.29, 0.717) is 6.42 Å². The Morgan fingerprint density at radius 1 is 1.25 bits per heavy atom. The Morgan fingerprint density at radius 3 is 2.80 bits per heavy atom. The quantitative estimate of drug-likeness (QED) is 0.760. The van der Waals surface area contributed by atoms with Crippen LogP contribution in [0.3, 0.4) is 0 Å². The highest BCUT2D eigenvalue weighted by atomic mass is 16.3. The van der Waals surface area contributed by atoms with Crippen molar-refractivity contribution >= 4 is 5.91 Å².